The number of amides is 2. The van der Waals surface area contributed by atoms with E-state index < -0.39 is 17.2 Å². The maximum Gasteiger partial charge on any atom is 0.248 e. The number of rotatable bonds is 4. The van der Waals surface area contributed by atoms with E-state index in [2.05, 4.69) is 9.97 Å². The number of nitrogens with two attached hydrogens (primary N) is 1. The summed E-state index contributed by atoms with van der Waals surface area (Å²) in [7, 11) is 0. The molecule has 3 rings (SSSR count). The van der Waals surface area contributed by atoms with Gasteiger partial charge in [-0.3, -0.25) is 14.5 Å². The molecule has 118 valence electrons. The molecule has 8 heteroatoms. The lowest BCUT2D eigenvalue weighted by molar-refractivity contribution is -0.133. The molecule has 1 saturated carbocycles. The Balaban J connectivity index is 2.09. The number of primary amides is 1. The van der Waals surface area contributed by atoms with E-state index in [1.807, 2.05) is 0 Å². The van der Waals surface area contributed by atoms with Crippen molar-refractivity contribution in [1.29, 1.82) is 0 Å². The highest BCUT2D eigenvalue weighted by Gasteiger charge is 2.57. The quantitative estimate of drug-likeness (QED) is 0.678. The van der Waals surface area contributed by atoms with Crippen LogP contribution in [0.4, 0.5) is 11.5 Å². The molecule has 0 bridgehead atoms. The number of anilines is 2. The highest BCUT2D eigenvalue weighted by atomic mass is 35.5. The van der Waals surface area contributed by atoms with Crippen LogP contribution in [0, 0.1) is 5.41 Å². The Morgan fingerprint density at radius 1 is 1.13 bits per heavy atom. The van der Waals surface area contributed by atoms with Gasteiger partial charge in [0.05, 0.1) is 5.69 Å². The first kappa shape index (κ1) is 15.7. The van der Waals surface area contributed by atoms with Crippen molar-refractivity contribution in [2.75, 3.05) is 4.90 Å². The van der Waals surface area contributed by atoms with Gasteiger partial charge in [-0.2, -0.15) is 4.98 Å². The third kappa shape index (κ3) is 2.87. The van der Waals surface area contributed by atoms with Gasteiger partial charge in [-0.1, -0.05) is 11.6 Å². The minimum Gasteiger partial charge on any atom is -0.369 e. The standard InChI is InChI=1S/C15H12Cl2N4O2/c16-9-1-3-10(4-2-9)21(11-5-8-19-14(17)20-11)13(23)15(6-7-15)12(18)22/h1-5,8H,6-7H2,(H2,18,22). The number of nitrogens with zero attached hydrogens (tertiary/aromatic N) is 3. The predicted octanol–water partition coefficient (Wildman–Crippen LogP) is 2.71. The Bertz CT molecular complexity index is 775. The smallest absolute Gasteiger partial charge is 0.248 e. The fourth-order valence-corrected chi connectivity index (χ4v) is 2.57. The van der Waals surface area contributed by atoms with Crippen molar-refractivity contribution < 1.29 is 9.59 Å². The minimum absolute atomic E-state index is 0.00168. The second kappa shape index (κ2) is 5.79. The van der Waals surface area contributed by atoms with E-state index in [0.717, 1.165) is 0 Å². The van der Waals surface area contributed by atoms with Crippen molar-refractivity contribution in [2.45, 2.75) is 12.8 Å². The van der Waals surface area contributed by atoms with Gasteiger partial charge in [-0.15, -0.1) is 0 Å². The second-order valence-corrected chi connectivity index (χ2v) is 6.02. The van der Waals surface area contributed by atoms with Crippen molar-refractivity contribution in [3.05, 3.63) is 46.8 Å². The van der Waals surface area contributed by atoms with Crippen LogP contribution in [-0.2, 0) is 9.59 Å². The lowest BCUT2D eigenvalue weighted by atomic mass is 10.0. The van der Waals surface area contributed by atoms with E-state index in [1.54, 1.807) is 24.3 Å². The van der Waals surface area contributed by atoms with Crippen LogP contribution in [0.1, 0.15) is 12.8 Å². The SMILES string of the molecule is NC(=O)C1(C(=O)N(c2ccc(Cl)cc2)c2ccnc(Cl)n2)CC1. The molecular weight excluding hydrogens is 339 g/mol. The van der Waals surface area contributed by atoms with Gasteiger partial charge < -0.3 is 5.73 Å². The summed E-state index contributed by atoms with van der Waals surface area (Å²) in [6.07, 6.45) is 2.28. The first-order valence-electron chi connectivity index (χ1n) is 6.83. The van der Waals surface area contributed by atoms with E-state index in [-0.39, 0.29) is 11.1 Å². The summed E-state index contributed by atoms with van der Waals surface area (Å²) >= 11 is 11.7. The van der Waals surface area contributed by atoms with E-state index in [0.29, 0.717) is 23.6 Å². The number of aromatic nitrogens is 2. The van der Waals surface area contributed by atoms with Crippen LogP contribution in [0.3, 0.4) is 0 Å². The zero-order chi connectivity index (χ0) is 16.6. The van der Waals surface area contributed by atoms with Crippen LogP contribution in [0.2, 0.25) is 10.3 Å². The molecule has 2 N–H and O–H groups in total. The van der Waals surface area contributed by atoms with Gasteiger partial charge in [0.2, 0.25) is 17.1 Å². The molecule has 1 fully saturated rings. The number of carbonyl (C=O) groups excluding carboxylic acids is 2. The van der Waals surface area contributed by atoms with Crippen LogP contribution >= 0.6 is 23.2 Å². The molecule has 0 radical (unpaired) electrons. The molecule has 1 aliphatic carbocycles. The minimum atomic E-state index is -1.18. The monoisotopic (exact) mass is 350 g/mol. The van der Waals surface area contributed by atoms with Crippen molar-refractivity contribution in [2.24, 2.45) is 11.1 Å². The van der Waals surface area contributed by atoms with Crippen molar-refractivity contribution >= 4 is 46.5 Å². The topological polar surface area (TPSA) is 89.2 Å². The van der Waals surface area contributed by atoms with Gasteiger partial charge in [-0.25, -0.2) is 4.98 Å². The molecule has 1 heterocycles. The first-order chi connectivity index (χ1) is 10.9. The Kier molecular flexibility index (Phi) is 3.95. The van der Waals surface area contributed by atoms with Crippen LogP contribution in [-0.4, -0.2) is 21.8 Å². The van der Waals surface area contributed by atoms with Crippen LogP contribution in [0.5, 0.6) is 0 Å². The Morgan fingerprint density at radius 2 is 1.78 bits per heavy atom. The van der Waals surface area contributed by atoms with E-state index in [1.165, 1.54) is 17.2 Å². The fraction of sp³-hybridized carbons (Fsp3) is 0.200. The lowest BCUT2D eigenvalue weighted by Gasteiger charge is -2.25. The van der Waals surface area contributed by atoms with Crippen LogP contribution < -0.4 is 10.6 Å². The maximum absolute atomic E-state index is 13.0. The number of hydrogen-bond acceptors (Lipinski definition) is 4. The molecule has 0 aliphatic heterocycles. The lowest BCUT2D eigenvalue weighted by Crippen LogP contribution is -2.41. The van der Waals surface area contributed by atoms with Gasteiger partial charge in [0, 0.05) is 11.2 Å². The number of halogens is 2. The van der Waals surface area contributed by atoms with Crippen LogP contribution in [0.25, 0.3) is 0 Å². The highest BCUT2D eigenvalue weighted by molar-refractivity contribution is 6.30. The van der Waals surface area contributed by atoms with Gasteiger partial charge in [0.1, 0.15) is 11.2 Å². The molecule has 0 atom stereocenters. The number of carbonyl (C=O) groups is 2. The zero-order valence-corrected chi connectivity index (χ0v) is 13.4. The van der Waals surface area contributed by atoms with E-state index in [4.69, 9.17) is 28.9 Å². The summed E-state index contributed by atoms with van der Waals surface area (Å²) in [5.41, 5.74) is 4.75. The molecular formula is C15H12Cl2N4O2. The van der Waals surface area contributed by atoms with Crippen molar-refractivity contribution in [3.8, 4) is 0 Å². The summed E-state index contributed by atoms with van der Waals surface area (Å²) in [6.45, 7) is 0. The average molecular weight is 351 g/mol. The Hall–Kier alpha value is -2.18. The van der Waals surface area contributed by atoms with Crippen LogP contribution in [0.15, 0.2) is 36.5 Å². The average Bonchev–Trinajstić information content (AvgIpc) is 3.31. The Labute approximate surface area is 142 Å². The molecule has 23 heavy (non-hydrogen) atoms. The number of benzene rings is 1. The first-order valence-corrected chi connectivity index (χ1v) is 7.58. The van der Waals surface area contributed by atoms with E-state index in [9.17, 15) is 9.59 Å². The highest BCUT2D eigenvalue weighted by Crippen LogP contribution is 2.48. The predicted molar refractivity (Wildman–Crippen MR) is 86.5 cm³/mol. The molecule has 0 spiro atoms. The third-order valence-corrected chi connectivity index (χ3v) is 4.19. The van der Waals surface area contributed by atoms with Gasteiger partial charge >= 0.3 is 0 Å². The third-order valence-electron chi connectivity index (χ3n) is 3.76. The summed E-state index contributed by atoms with van der Waals surface area (Å²) in [5, 5.41) is 0.524. The molecule has 1 aliphatic rings. The second-order valence-electron chi connectivity index (χ2n) is 5.25. The number of hydrogen-bond donors (Lipinski definition) is 1. The van der Waals surface area contributed by atoms with Gasteiger partial charge in [0.15, 0.2) is 0 Å². The Morgan fingerprint density at radius 3 is 2.30 bits per heavy atom. The molecule has 6 nitrogen and oxygen atoms in total. The largest absolute Gasteiger partial charge is 0.369 e. The summed E-state index contributed by atoms with van der Waals surface area (Å²) in [5.74, 6) is -0.798. The molecule has 2 amide bonds. The summed E-state index contributed by atoms with van der Waals surface area (Å²) in [4.78, 5) is 33.9. The molecule has 1 aromatic heterocycles. The normalized spacial score (nSPS) is 15.0. The van der Waals surface area contributed by atoms with Crippen molar-refractivity contribution in [3.63, 3.8) is 0 Å². The zero-order valence-electron chi connectivity index (χ0n) is 11.9. The molecule has 2 aromatic rings. The summed E-state index contributed by atoms with van der Waals surface area (Å²) in [6, 6.07) is 8.14. The molecule has 1 aromatic carbocycles. The fourth-order valence-electron chi connectivity index (χ4n) is 2.30. The maximum atomic E-state index is 13.0. The van der Waals surface area contributed by atoms with E-state index >= 15 is 0 Å². The molecule has 0 unspecified atom stereocenters. The molecule has 0 saturated heterocycles. The van der Waals surface area contributed by atoms with Gasteiger partial charge in [-0.05, 0) is 54.8 Å². The summed E-state index contributed by atoms with van der Waals surface area (Å²) < 4.78 is 0. The van der Waals surface area contributed by atoms with Crippen molar-refractivity contribution in [1.82, 2.24) is 9.97 Å². The van der Waals surface area contributed by atoms with Gasteiger partial charge in [0.25, 0.3) is 0 Å².